The average molecular weight is 282 g/mol. The minimum Gasteiger partial charge on any atom is -0.372 e. The molecule has 0 radical (unpaired) electrons. The molecule has 0 saturated carbocycles. The van der Waals surface area contributed by atoms with Crippen LogP contribution in [0.4, 0.5) is 18.9 Å². The fourth-order valence-corrected chi connectivity index (χ4v) is 1.44. The minimum absolute atomic E-state index is 0.179. The number of halogens is 4. The van der Waals surface area contributed by atoms with Gasteiger partial charge in [-0.1, -0.05) is 17.7 Å². The molecular weight excluding hydrogens is 271 g/mol. The summed E-state index contributed by atoms with van der Waals surface area (Å²) < 4.78 is 42.9. The zero-order valence-electron chi connectivity index (χ0n) is 9.64. The van der Waals surface area contributed by atoms with E-state index in [0.717, 1.165) is 6.07 Å². The molecule has 0 aliphatic heterocycles. The molecule has 0 saturated heterocycles. The van der Waals surface area contributed by atoms with E-state index in [4.69, 9.17) is 16.3 Å². The van der Waals surface area contributed by atoms with Crippen LogP contribution >= 0.6 is 11.6 Å². The highest BCUT2D eigenvalue weighted by Crippen LogP contribution is 2.38. The maximum absolute atomic E-state index is 12.7. The Bertz CT molecular complexity index is 448. The predicted octanol–water partition coefficient (Wildman–Crippen LogP) is 3.33. The van der Waals surface area contributed by atoms with Gasteiger partial charge in [-0.2, -0.15) is 13.2 Å². The molecule has 0 heterocycles. The van der Waals surface area contributed by atoms with E-state index in [1.54, 1.807) is 0 Å². The molecule has 1 unspecified atom stereocenters. The van der Waals surface area contributed by atoms with Crippen molar-refractivity contribution in [3.8, 4) is 0 Å². The quantitative estimate of drug-likeness (QED) is 0.923. The number of hydrogen-bond acceptors (Lipinski definition) is 2. The summed E-state index contributed by atoms with van der Waals surface area (Å²) >= 11 is 5.67. The van der Waals surface area contributed by atoms with Crippen LogP contribution in [0, 0.1) is 0 Å². The third-order valence-corrected chi connectivity index (χ3v) is 2.60. The van der Waals surface area contributed by atoms with Gasteiger partial charge in [-0.3, -0.25) is 4.79 Å². The number of rotatable bonds is 3. The standard InChI is InChI=1S/C11H11ClF3NO2/c1-6(18-2)10(17)16-9-7(11(13,14)15)4-3-5-8(9)12/h3-6H,1-2H3,(H,16,17). The van der Waals surface area contributed by atoms with Crippen molar-refractivity contribution in [1.82, 2.24) is 0 Å². The summed E-state index contributed by atoms with van der Waals surface area (Å²) in [5.74, 6) is -0.698. The molecule has 1 amide bonds. The Labute approximate surface area is 107 Å². The Kier molecular flexibility index (Phi) is 4.59. The molecule has 1 atom stereocenters. The second-order valence-corrected chi connectivity index (χ2v) is 3.93. The number of anilines is 1. The van der Waals surface area contributed by atoms with E-state index in [1.807, 2.05) is 0 Å². The first-order valence-electron chi connectivity index (χ1n) is 4.96. The zero-order valence-corrected chi connectivity index (χ0v) is 10.4. The summed E-state index contributed by atoms with van der Waals surface area (Å²) in [5.41, 5.74) is -1.45. The molecule has 1 aromatic rings. The Morgan fingerprint density at radius 3 is 2.56 bits per heavy atom. The lowest BCUT2D eigenvalue weighted by molar-refractivity contribution is -0.137. The fraction of sp³-hybridized carbons (Fsp3) is 0.364. The highest BCUT2D eigenvalue weighted by molar-refractivity contribution is 6.34. The van der Waals surface area contributed by atoms with Crippen LogP contribution in [0.25, 0.3) is 0 Å². The molecule has 1 N–H and O–H groups in total. The van der Waals surface area contributed by atoms with Gasteiger partial charge in [0.2, 0.25) is 0 Å². The van der Waals surface area contributed by atoms with Crippen LogP contribution in [0.3, 0.4) is 0 Å². The Hall–Kier alpha value is -1.27. The lowest BCUT2D eigenvalue weighted by Crippen LogP contribution is -2.28. The molecule has 18 heavy (non-hydrogen) atoms. The van der Waals surface area contributed by atoms with Crippen molar-refractivity contribution in [3.05, 3.63) is 28.8 Å². The first-order valence-corrected chi connectivity index (χ1v) is 5.34. The van der Waals surface area contributed by atoms with Crippen molar-refractivity contribution in [2.75, 3.05) is 12.4 Å². The van der Waals surface area contributed by atoms with Crippen molar-refractivity contribution in [3.63, 3.8) is 0 Å². The third-order valence-electron chi connectivity index (χ3n) is 2.29. The molecule has 7 heteroatoms. The summed E-state index contributed by atoms with van der Waals surface area (Å²) in [6, 6.07) is 3.28. The Morgan fingerprint density at radius 1 is 1.44 bits per heavy atom. The first-order chi connectivity index (χ1) is 8.27. The normalized spacial score (nSPS) is 13.2. The third kappa shape index (κ3) is 3.36. The van der Waals surface area contributed by atoms with E-state index in [-0.39, 0.29) is 5.02 Å². The Balaban J connectivity index is 3.12. The molecule has 0 fully saturated rings. The topological polar surface area (TPSA) is 38.3 Å². The number of ether oxygens (including phenoxy) is 1. The van der Waals surface area contributed by atoms with E-state index in [2.05, 4.69) is 5.32 Å². The second-order valence-electron chi connectivity index (χ2n) is 3.53. The maximum Gasteiger partial charge on any atom is 0.418 e. The van der Waals surface area contributed by atoms with E-state index < -0.39 is 29.4 Å². The minimum atomic E-state index is -4.59. The molecule has 0 bridgehead atoms. The lowest BCUT2D eigenvalue weighted by atomic mass is 10.1. The summed E-state index contributed by atoms with van der Waals surface area (Å²) in [7, 11) is 1.28. The highest BCUT2D eigenvalue weighted by atomic mass is 35.5. The molecule has 100 valence electrons. The molecule has 0 spiro atoms. The van der Waals surface area contributed by atoms with Gasteiger partial charge in [-0.05, 0) is 19.1 Å². The largest absolute Gasteiger partial charge is 0.418 e. The first kappa shape index (κ1) is 14.8. The van der Waals surface area contributed by atoms with Crippen LogP contribution in [0.1, 0.15) is 12.5 Å². The van der Waals surface area contributed by atoms with Crippen LogP contribution < -0.4 is 5.32 Å². The lowest BCUT2D eigenvalue weighted by Gasteiger charge is -2.16. The maximum atomic E-state index is 12.7. The SMILES string of the molecule is COC(C)C(=O)Nc1c(Cl)cccc1C(F)(F)F. The van der Waals surface area contributed by atoms with Gasteiger partial charge in [0.1, 0.15) is 6.10 Å². The van der Waals surface area contributed by atoms with Gasteiger partial charge in [0, 0.05) is 7.11 Å². The number of benzene rings is 1. The number of nitrogens with one attached hydrogen (secondary N) is 1. The van der Waals surface area contributed by atoms with Crippen LogP contribution in [-0.4, -0.2) is 19.1 Å². The van der Waals surface area contributed by atoms with E-state index >= 15 is 0 Å². The molecule has 1 rings (SSSR count). The van der Waals surface area contributed by atoms with E-state index in [1.165, 1.54) is 26.2 Å². The van der Waals surface area contributed by atoms with Gasteiger partial charge >= 0.3 is 6.18 Å². The van der Waals surface area contributed by atoms with Gasteiger partial charge in [0.25, 0.3) is 5.91 Å². The highest BCUT2D eigenvalue weighted by Gasteiger charge is 2.35. The van der Waals surface area contributed by atoms with Gasteiger partial charge in [0.05, 0.1) is 16.3 Å². The second kappa shape index (κ2) is 5.58. The molecule has 0 aliphatic rings. The van der Waals surface area contributed by atoms with Crippen molar-refractivity contribution >= 4 is 23.2 Å². The monoisotopic (exact) mass is 281 g/mol. The van der Waals surface area contributed by atoms with Crippen molar-refractivity contribution in [2.24, 2.45) is 0 Å². The van der Waals surface area contributed by atoms with Gasteiger partial charge in [0.15, 0.2) is 0 Å². The number of methoxy groups -OCH3 is 1. The smallest absolute Gasteiger partial charge is 0.372 e. The van der Waals surface area contributed by atoms with Crippen LogP contribution in [0.5, 0.6) is 0 Å². The zero-order chi connectivity index (χ0) is 13.9. The molecule has 3 nitrogen and oxygen atoms in total. The number of para-hydroxylation sites is 1. The number of amides is 1. The predicted molar refractivity (Wildman–Crippen MR) is 61.6 cm³/mol. The molecule has 1 aromatic carbocycles. The summed E-state index contributed by atoms with van der Waals surface area (Å²) in [4.78, 5) is 11.5. The van der Waals surface area contributed by atoms with Crippen LogP contribution in [0.15, 0.2) is 18.2 Å². The summed E-state index contributed by atoms with van der Waals surface area (Å²) in [6.45, 7) is 1.42. The van der Waals surface area contributed by atoms with Gasteiger partial charge < -0.3 is 10.1 Å². The van der Waals surface area contributed by atoms with Gasteiger partial charge in [-0.25, -0.2) is 0 Å². The fourth-order valence-electron chi connectivity index (χ4n) is 1.22. The van der Waals surface area contributed by atoms with E-state index in [9.17, 15) is 18.0 Å². The van der Waals surface area contributed by atoms with Crippen molar-refractivity contribution in [1.29, 1.82) is 0 Å². The average Bonchev–Trinajstić information content (AvgIpc) is 2.29. The van der Waals surface area contributed by atoms with E-state index in [0.29, 0.717) is 0 Å². The molecule has 0 aromatic heterocycles. The van der Waals surface area contributed by atoms with Crippen LogP contribution in [0.2, 0.25) is 5.02 Å². The van der Waals surface area contributed by atoms with Crippen molar-refractivity contribution < 1.29 is 22.7 Å². The Morgan fingerprint density at radius 2 is 2.06 bits per heavy atom. The summed E-state index contributed by atoms with van der Waals surface area (Å²) in [6.07, 6.45) is -5.47. The number of hydrogen-bond donors (Lipinski definition) is 1. The van der Waals surface area contributed by atoms with Crippen LogP contribution in [-0.2, 0) is 15.7 Å². The van der Waals surface area contributed by atoms with Gasteiger partial charge in [-0.15, -0.1) is 0 Å². The number of alkyl halides is 3. The number of carbonyl (C=O) groups is 1. The molecular formula is C11H11ClF3NO2. The number of carbonyl (C=O) groups excluding carboxylic acids is 1. The molecule has 0 aliphatic carbocycles. The summed E-state index contributed by atoms with van der Waals surface area (Å²) in [5, 5.41) is 1.94. The van der Waals surface area contributed by atoms with Crippen molar-refractivity contribution in [2.45, 2.75) is 19.2 Å².